The van der Waals surface area contributed by atoms with Gasteiger partial charge in [-0.15, -0.1) is 11.3 Å². The van der Waals surface area contributed by atoms with E-state index in [2.05, 4.69) is 46.1 Å². The molecular formula is C10H17BrN2S. The van der Waals surface area contributed by atoms with Crippen molar-refractivity contribution in [2.45, 2.75) is 26.4 Å². The van der Waals surface area contributed by atoms with Gasteiger partial charge in [0.25, 0.3) is 0 Å². The fourth-order valence-corrected chi connectivity index (χ4v) is 2.80. The molecule has 0 unspecified atom stereocenters. The van der Waals surface area contributed by atoms with Crippen LogP contribution in [0, 0.1) is 0 Å². The van der Waals surface area contributed by atoms with Crippen LogP contribution in [-0.4, -0.2) is 24.0 Å². The van der Waals surface area contributed by atoms with Crippen molar-refractivity contribution >= 4 is 27.3 Å². The molecular weight excluding hydrogens is 260 g/mol. The minimum Gasteiger partial charge on any atom is -0.329 e. The summed E-state index contributed by atoms with van der Waals surface area (Å²) in [6, 6.07) is 2.73. The van der Waals surface area contributed by atoms with Crippen molar-refractivity contribution in [2.75, 3.05) is 13.1 Å². The first-order chi connectivity index (χ1) is 6.63. The number of hydrogen-bond acceptors (Lipinski definition) is 3. The second kappa shape index (κ2) is 5.85. The van der Waals surface area contributed by atoms with E-state index in [-0.39, 0.29) is 0 Å². The van der Waals surface area contributed by atoms with Crippen LogP contribution in [0.4, 0.5) is 0 Å². The Labute approximate surface area is 98.2 Å². The second-order valence-electron chi connectivity index (χ2n) is 3.58. The molecule has 80 valence electrons. The third kappa shape index (κ3) is 3.69. The van der Waals surface area contributed by atoms with Gasteiger partial charge in [-0.1, -0.05) is 0 Å². The molecule has 1 aromatic heterocycles. The third-order valence-corrected chi connectivity index (χ3v) is 3.81. The minimum atomic E-state index is 0.555. The summed E-state index contributed by atoms with van der Waals surface area (Å²) >= 11 is 5.26. The summed E-state index contributed by atoms with van der Waals surface area (Å²) in [5, 5.41) is 2.12. The van der Waals surface area contributed by atoms with E-state index < -0.39 is 0 Å². The van der Waals surface area contributed by atoms with Crippen molar-refractivity contribution < 1.29 is 0 Å². The molecule has 0 bridgehead atoms. The van der Waals surface area contributed by atoms with E-state index in [0.717, 1.165) is 19.6 Å². The Morgan fingerprint density at radius 1 is 1.57 bits per heavy atom. The molecule has 2 nitrogen and oxygen atoms in total. The monoisotopic (exact) mass is 276 g/mol. The maximum Gasteiger partial charge on any atom is 0.0331 e. The molecule has 0 aliphatic rings. The predicted octanol–water partition coefficient (Wildman–Crippen LogP) is 2.68. The van der Waals surface area contributed by atoms with Crippen LogP contribution in [0.15, 0.2) is 15.9 Å². The molecule has 0 aliphatic carbocycles. The van der Waals surface area contributed by atoms with E-state index in [1.165, 1.54) is 9.35 Å². The molecule has 0 saturated heterocycles. The zero-order valence-electron chi connectivity index (χ0n) is 8.66. The van der Waals surface area contributed by atoms with E-state index in [9.17, 15) is 0 Å². The highest BCUT2D eigenvalue weighted by atomic mass is 79.9. The van der Waals surface area contributed by atoms with Gasteiger partial charge in [-0.3, -0.25) is 4.90 Å². The summed E-state index contributed by atoms with van der Waals surface area (Å²) in [7, 11) is 0. The van der Waals surface area contributed by atoms with Crippen molar-refractivity contribution in [1.29, 1.82) is 0 Å². The number of rotatable bonds is 5. The third-order valence-electron chi connectivity index (χ3n) is 2.13. The lowest BCUT2D eigenvalue weighted by Gasteiger charge is -2.24. The van der Waals surface area contributed by atoms with Gasteiger partial charge >= 0.3 is 0 Å². The molecule has 0 atom stereocenters. The Kier molecular flexibility index (Phi) is 5.09. The van der Waals surface area contributed by atoms with Gasteiger partial charge in [-0.25, -0.2) is 0 Å². The number of hydrogen-bond donors (Lipinski definition) is 1. The average molecular weight is 277 g/mol. The van der Waals surface area contributed by atoms with Crippen LogP contribution in [0.1, 0.15) is 18.7 Å². The highest BCUT2D eigenvalue weighted by Crippen LogP contribution is 2.21. The molecule has 2 N–H and O–H groups in total. The Morgan fingerprint density at radius 3 is 2.71 bits per heavy atom. The van der Waals surface area contributed by atoms with Gasteiger partial charge in [-0.05, 0) is 35.8 Å². The first-order valence-electron chi connectivity index (χ1n) is 4.80. The molecule has 1 rings (SSSR count). The van der Waals surface area contributed by atoms with E-state index in [1.54, 1.807) is 11.3 Å². The molecule has 0 amide bonds. The fraction of sp³-hybridized carbons (Fsp3) is 0.600. The summed E-state index contributed by atoms with van der Waals surface area (Å²) in [4.78, 5) is 3.78. The van der Waals surface area contributed by atoms with Crippen LogP contribution in [0.25, 0.3) is 0 Å². The van der Waals surface area contributed by atoms with Gasteiger partial charge in [0, 0.05) is 40.4 Å². The number of nitrogens with zero attached hydrogens (tertiary/aromatic N) is 1. The van der Waals surface area contributed by atoms with Crippen molar-refractivity contribution in [3.63, 3.8) is 0 Å². The summed E-state index contributed by atoms with van der Waals surface area (Å²) < 4.78 is 1.17. The summed E-state index contributed by atoms with van der Waals surface area (Å²) in [5.74, 6) is 0. The van der Waals surface area contributed by atoms with Gasteiger partial charge in [0.05, 0.1) is 0 Å². The van der Waals surface area contributed by atoms with Crippen molar-refractivity contribution in [3.8, 4) is 0 Å². The lowest BCUT2D eigenvalue weighted by Crippen LogP contribution is -2.34. The number of thiophene rings is 1. The van der Waals surface area contributed by atoms with E-state index in [0.29, 0.717) is 6.04 Å². The quantitative estimate of drug-likeness (QED) is 0.896. The van der Waals surface area contributed by atoms with Gasteiger partial charge in [0.2, 0.25) is 0 Å². The Balaban J connectivity index is 2.55. The van der Waals surface area contributed by atoms with Gasteiger partial charge in [0.1, 0.15) is 0 Å². The van der Waals surface area contributed by atoms with Crippen molar-refractivity contribution in [3.05, 3.63) is 20.8 Å². The molecule has 1 heterocycles. The first-order valence-corrected chi connectivity index (χ1v) is 6.47. The molecule has 0 aromatic carbocycles. The first kappa shape index (κ1) is 12.2. The van der Waals surface area contributed by atoms with Crippen LogP contribution in [-0.2, 0) is 6.54 Å². The van der Waals surface area contributed by atoms with Crippen LogP contribution in [0.3, 0.4) is 0 Å². The maximum atomic E-state index is 5.58. The largest absolute Gasteiger partial charge is 0.329 e. The molecule has 1 aromatic rings. The SMILES string of the molecule is CC(C)N(CCN)Cc1cc(Br)cs1. The number of halogens is 1. The van der Waals surface area contributed by atoms with Gasteiger partial charge < -0.3 is 5.73 Å². The zero-order chi connectivity index (χ0) is 10.6. The molecule has 0 saturated carbocycles. The standard InChI is InChI=1S/C10H17BrN2S/c1-8(2)13(4-3-12)6-10-5-9(11)7-14-10/h5,7-8H,3-4,6,12H2,1-2H3. The van der Waals surface area contributed by atoms with Crippen LogP contribution in [0.2, 0.25) is 0 Å². The summed E-state index contributed by atoms with van der Waals surface area (Å²) in [5.41, 5.74) is 5.58. The lowest BCUT2D eigenvalue weighted by atomic mass is 10.3. The average Bonchev–Trinajstić information content (AvgIpc) is 2.50. The highest BCUT2D eigenvalue weighted by molar-refractivity contribution is 9.10. The Morgan fingerprint density at radius 2 is 2.29 bits per heavy atom. The van der Waals surface area contributed by atoms with E-state index in [4.69, 9.17) is 5.73 Å². The smallest absolute Gasteiger partial charge is 0.0331 e. The van der Waals surface area contributed by atoms with Gasteiger partial charge in [0.15, 0.2) is 0 Å². The zero-order valence-corrected chi connectivity index (χ0v) is 11.1. The fourth-order valence-electron chi connectivity index (χ4n) is 1.32. The Hall–Kier alpha value is 0.1000. The Bertz CT molecular complexity index is 273. The maximum absolute atomic E-state index is 5.58. The summed E-state index contributed by atoms with van der Waals surface area (Å²) in [6.07, 6.45) is 0. The minimum absolute atomic E-state index is 0.555. The lowest BCUT2D eigenvalue weighted by molar-refractivity contribution is 0.221. The molecule has 0 fully saturated rings. The highest BCUT2D eigenvalue weighted by Gasteiger charge is 2.09. The van der Waals surface area contributed by atoms with Crippen molar-refractivity contribution in [2.24, 2.45) is 5.73 Å². The van der Waals surface area contributed by atoms with Crippen LogP contribution >= 0.6 is 27.3 Å². The van der Waals surface area contributed by atoms with Crippen molar-refractivity contribution in [1.82, 2.24) is 4.90 Å². The second-order valence-corrected chi connectivity index (χ2v) is 5.50. The molecule has 0 aliphatic heterocycles. The summed E-state index contributed by atoms with van der Waals surface area (Å²) in [6.45, 7) is 7.11. The number of nitrogens with two attached hydrogens (primary N) is 1. The van der Waals surface area contributed by atoms with Crippen LogP contribution < -0.4 is 5.73 Å². The molecule has 4 heteroatoms. The normalized spacial score (nSPS) is 11.6. The topological polar surface area (TPSA) is 29.3 Å². The van der Waals surface area contributed by atoms with Crippen LogP contribution in [0.5, 0.6) is 0 Å². The van der Waals surface area contributed by atoms with Gasteiger partial charge in [-0.2, -0.15) is 0 Å². The molecule has 14 heavy (non-hydrogen) atoms. The molecule has 0 spiro atoms. The van der Waals surface area contributed by atoms with E-state index in [1.807, 2.05) is 0 Å². The molecule has 0 radical (unpaired) electrons. The van der Waals surface area contributed by atoms with E-state index >= 15 is 0 Å². The predicted molar refractivity (Wildman–Crippen MR) is 66.6 cm³/mol.